The van der Waals surface area contributed by atoms with Crippen LogP contribution < -0.4 is 5.32 Å². The van der Waals surface area contributed by atoms with Gasteiger partial charge in [-0.1, -0.05) is 13.8 Å². The van der Waals surface area contributed by atoms with Crippen LogP contribution in [-0.2, 0) is 4.74 Å². The van der Waals surface area contributed by atoms with E-state index in [1.165, 1.54) is 12.8 Å². The highest BCUT2D eigenvalue weighted by Crippen LogP contribution is 2.33. The number of rotatable bonds is 5. The maximum Gasteiger partial charge on any atom is 0.410 e. The zero-order valence-electron chi connectivity index (χ0n) is 13.3. The van der Waals surface area contributed by atoms with Crippen LogP contribution in [0.15, 0.2) is 0 Å². The summed E-state index contributed by atoms with van der Waals surface area (Å²) in [6.07, 6.45) is 2.30. The molecule has 0 aromatic carbocycles. The summed E-state index contributed by atoms with van der Waals surface area (Å²) in [5, 5.41) is 3.50. The van der Waals surface area contributed by atoms with Crippen LogP contribution in [0.4, 0.5) is 4.79 Å². The minimum Gasteiger partial charge on any atom is -0.444 e. The fraction of sp³-hybridized carbons (Fsp3) is 0.933. The summed E-state index contributed by atoms with van der Waals surface area (Å²) in [4.78, 5) is 13.4. The van der Waals surface area contributed by atoms with Gasteiger partial charge >= 0.3 is 6.09 Å². The molecule has 0 spiro atoms. The number of hydrogen-bond donors (Lipinski definition) is 1. The topological polar surface area (TPSA) is 41.6 Å². The van der Waals surface area contributed by atoms with Gasteiger partial charge in [0.1, 0.15) is 5.60 Å². The Morgan fingerprint density at radius 1 is 1.37 bits per heavy atom. The van der Waals surface area contributed by atoms with Gasteiger partial charge in [0.15, 0.2) is 0 Å². The van der Waals surface area contributed by atoms with Gasteiger partial charge in [-0.05, 0) is 45.4 Å². The van der Waals surface area contributed by atoms with E-state index in [0.717, 1.165) is 18.4 Å². The van der Waals surface area contributed by atoms with Crippen molar-refractivity contribution >= 4 is 6.09 Å². The summed E-state index contributed by atoms with van der Waals surface area (Å²) in [5.74, 6) is 1.67. The predicted molar refractivity (Wildman–Crippen MR) is 78.2 cm³/mol. The Bertz CT molecular complexity index is 291. The van der Waals surface area contributed by atoms with Crippen molar-refractivity contribution in [3.8, 4) is 0 Å². The van der Waals surface area contributed by atoms with E-state index in [4.69, 9.17) is 4.74 Å². The zero-order chi connectivity index (χ0) is 14.6. The third kappa shape index (κ3) is 5.81. The molecule has 4 nitrogen and oxygen atoms in total. The molecule has 0 saturated heterocycles. The minimum absolute atomic E-state index is 0.247. The summed E-state index contributed by atoms with van der Waals surface area (Å²) < 4.78 is 5.31. The molecule has 1 saturated carbocycles. The molecule has 0 radical (unpaired) electrons. The maximum absolute atomic E-state index is 11.7. The molecule has 1 N–H and O–H groups in total. The molecule has 0 unspecified atom stereocenters. The molecule has 4 heteroatoms. The van der Waals surface area contributed by atoms with E-state index in [-0.39, 0.29) is 6.09 Å². The van der Waals surface area contributed by atoms with E-state index < -0.39 is 5.60 Å². The molecule has 1 aliphatic carbocycles. The molecule has 112 valence electrons. The van der Waals surface area contributed by atoms with Gasteiger partial charge in [-0.15, -0.1) is 0 Å². The molecule has 19 heavy (non-hydrogen) atoms. The normalized spacial score (nSPS) is 23.1. The predicted octanol–water partition coefficient (Wildman–Crippen LogP) is 2.88. The van der Waals surface area contributed by atoms with E-state index in [2.05, 4.69) is 19.2 Å². The number of nitrogens with zero attached hydrogens (tertiary/aromatic N) is 1. The molecule has 1 rings (SSSR count). The Hall–Kier alpha value is -0.770. The number of hydrogen-bond acceptors (Lipinski definition) is 3. The van der Waals surface area contributed by atoms with Gasteiger partial charge in [0.05, 0.1) is 0 Å². The van der Waals surface area contributed by atoms with Crippen molar-refractivity contribution in [3.63, 3.8) is 0 Å². The summed E-state index contributed by atoms with van der Waals surface area (Å²) in [6.45, 7) is 11.8. The lowest BCUT2D eigenvalue weighted by Crippen LogP contribution is -2.46. The van der Waals surface area contributed by atoms with Crippen molar-refractivity contribution < 1.29 is 9.53 Å². The molecule has 0 aromatic heterocycles. The molecule has 0 atom stereocenters. The van der Waals surface area contributed by atoms with Crippen LogP contribution in [0, 0.1) is 11.8 Å². The molecule has 0 aromatic rings. The second-order valence-electron chi connectivity index (χ2n) is 7.03. The SMILES string of the molecule is CC(C)C1CC(NCCN(C)C(=O)OC(C)(C)C)C1. The van der Waals surface area contributed by atoms with Crippen molar-refractivity contribution in [2.24, 2.45) is 11.8 Å². The lowest BCUT2D eigenvalue weighted by atomic mass is 9.74. The first-order valence-electron chi connectivity index (χ1n) is 7.36. The zero-order valence-corrected chi connectivity index (χ0v) is 13.3. The van der Waals surface area contributed by atoms with E-state index in [0.29, 0.717) is 12.6 Å². The van der Waals surface area contributed by atoms with Crippen LogP contribution in [-0.4, -0.2) is 42.8 Å². The van der Waals surface area contributed by atoms with E-state index in [1.807, 2.05) is 20.8 Å². The summed E-state index contributed by atoms with van der Waals surface area (Å²) in [5.41, 5.74) is -0.419. The standard InChI is InChI=1S/C15H30N2O2/c1-11(2)12-9-13(10-12)16-7-8-17(6)14(18)19-15(3,4)5/h11-13,16H,7-10H2,1-6H3. The average Bonchev–Trinajstić information content (AvgIpc) is 2.17. The lowest BCUT2D eigenvalue weighted by Gasteiger charge is -2.39. The van der Waals surface area contributed by atoms with Crippen LogP contribution in [0.25, 0.3) is 0 Å². The first-order valence-corrected chi connectivity index (χ1v) is 7.36. The third-order valence-electron chi connectivity index (χ3n) is 3.70. The molecular formula is C15H30N2O2. The van der Waals surface area contributed by atoms with Crippen molar-refractivity contribution in [1.82, 2.24) is 10.2 Å². The molecule has 1 aliphatic rings. The molecule has 0 bridgehead atoms. The monoisotopic (exact) mass is 270 g/mol. The Morgan fingerprint density at radius 3 is 2.42 bits per heavy atom. The second kappa shape index (κ2) is 6.60. The minimum atomic E-state index is -0.419. The number of ether oxygens (including phenoxy) is 1. The molecular weight excluding hydrogens is 240 g/mol. The first kappa shape index (κ1) is 16.3. The molecule has 1 amide bonds. The highest BCUT2D eigenvalue weighted by Gasteiger charge is 2.30. The first-order chi connectivity index (χ1) is 8.69. The van der Waals surface area contributed by atoms with Gasteiger partial charge in [-0.2, -0.15) is 0 Å². The summed E-state index contributed by atoms with van der Waals surface area (Å²) in [6, 6.07) is 0.638. The Kier molecular flexibility index (Phi) is 5.65. The van der Waals surface area contributed by atoms with Crippen LogP contribution in [0.1, 0.15) is 47.5 Å². The van der Waals surface area contributed by atoms with Gasteiger partial charge < -0.3 is 15.0 Å². The van der Waals surface area contributed by atoms with Crippen LogP contribution in [0.3, 0.4) is 0 Å². The van der Waals surface area contributed by atoms with E-state index in [1.54, 1.807) is 11.9 Å². The molecule has 1 fully saturated rings. The van der Waals surface area contributed by atoms with Crippen molar-refractivity contribution in [2.45, 2.75) is 59.1 Å². The van der Waals surface area contributed by atoms with Crippen molar-refractivity contribution in [2.75, 3.05) is 20.1 Å². The van der Waals surface area contributed by atoms with E-state index in [9.17, 15) is 4.79 Å². The molecule has 0 aliphatic heterocycles. The smallest absolute Gasteiger partial charge is 0.410 e. The highest BCUT2D eigenvalue weighted by molar-refractivity contribution is 5.67. The molecule has 0 heterocycles. The van der Waals surface area contributed by atoms with Gasteiger partial charge in [0.2, 0.25) is 0 Å². The summed E-state index contributed by atoms with van der Waals surface area (Å²) in [7, 11) is 1.79. The highest BCUT2D eigenvalue weighted by atomic mass is 16.6. The number of carbonyl (C=O) groups is 1. The van der Waals surface area contributed by atoms with Crippen LogP contribution >= 0.6 is 0 Å². The van der Waals surface area contributed by atoms with Crippen molar-refractivity contribution in [3.05, 3.63) is 0 Å². The van der Waals surface area contributed by atoms with Gasteiger partial charge in [0, 0.05) is 26.2 Å². The number of nitrogens with one attached hydrogen (secondary N) is 1. The Balaban J connectivity index is 2.11. The van der Waals surface area contributed by atoms with Gasteiger partial charge in [-0.25, -0.2) is 4.79 Å². The van der Waals surface area contributed by atoms with Crippen molar-refractivity contribution in [1.29, 1.82) is 0 Å². The van der Waals surface area contributed by atoms with E-state index >= 15 is 0 Å². The summed E-state index contributed by atoms with van der Waals surface area (Å²) >= 11 is 0. The third-order valence-corrected chi connectivity index (χ3v) is 3.70. The second-order valence-corrected chi connectivity index (χ2v) is 7.03. The lowest BCUT2D eigenvalue weighted by molar-refractivity contribution is 0.0296. The number of amides is 1. The van der Waals surface area contributed by atoms with Crippen LogP contribution in [0.5, 0.6) is 0 Å². The number of likely N-dealkylation sites (N-methyl/N-ethyl adjacent to an activating group) is 1. The van der Waals surface area contributed by atoms with Gasteiger partial charge in [-0.3, -0.25) is 0 Å². The fourth-order valence-electron chi connectivity index (χ4n) is 2.24. The quantitative estimate of drug-likeness (QED) is 0.835. The largest absolute Gasteiger partial charge is 0.444 e. The fourth-order valence-corrected chi connectivity index (χ4v) is 2.24. The number of carbonyl (C=O) groups excluding carboxylic acids is 1. The van der Waals surface area contributed by atoms with Crippen LogP contribution in [0.2, 0.25) is 0 Å². The average molecular weight is 270 g/mol. The Labute approximate surface area is 117 Å². The Morgan fingerprint density at radius 2 is 1.95 bits per heavy atom. The van der Waals surface area contributed by atoms with Gasteiger partial charge in [0.25, 0.3) is 0 Å². The maximum atomic E-state index is 11.7.